The number of rotatable bonds is 5. The van der Waals surface area contributed by atoms with E-state index in [0.717, 1.165) is 31.6 Å². The first-order valence-electron chi connectivity index (χ1n) is 11.8. The first-order chi connectivity index (χ1) is 15.2. The maximum Gasteiger partial charge on any atom is 0.236 e. The van der Waals surface area contributed by atoms with Gasteiger partial charge in [0, 0.05) is 42.5 Å². The molecule has 0 aliphatic carbocycles. The van der Waals surface area contributed by atoms with Crippen molar-refractivity contribution >= 4 is 16.8 Å². The van der Waals surface area contributed by atoms with E-state index in [-0.39, 0.29) is 5.91 Å². The van der Waals surface area contributed by atoms with Gasteiger partial charge in [0.05, 0.1) is 12.2 Å². The average Bonchev–Trinajstić information content (AvgIpc) is 3.14. The second kappa shape index (κ2) is 9.07. The highest BCUT2D eigenvalue weighted by Gasteiger charge is 2.24. The molecule has 1 N–H and O–H groups in total. The van der Waals surface area contributed by atoms with Crippen LogP contribution in [0.4, 0.5) is 0 Å². The van der Waals surface area contributed by atoms with E-state index in [4.69, 9.17) is 0 Å². The van der Waals surface area contributed by atoms with E-state index in [2.05, 4.69) is 66.8 Å². The number of nitrogens with one attached hydrogen (secondary N) is 1. The number of carbonyl (C=O) groups is 1. The summed E-state index contributed by atoms with van der Waals surface area (Å²) in [5.41, 5.74) is 8.74. The molecule has 4 rings (SSSR count). The number of piperidine rings is 1. The Bertz CT molecular complexity index is 1120. The lowest BCUT2D eigenvalue weighted by Gasteiger charge is -2.32. The van der Waals surface area contributed by atoms with Gasteiger partial charge in [0.2, 0.25) is 5.91 Å². The highest BCUT2D eigenvalue weighted by molar-refractivity contribution is 5.92. The SMILES string of the molecule is Cc1cc(-c2[nH]c3ccc(C4CCN(CC(=O)N(C)C)CC4)cc3c2C(C)C)c(C)cn1. The molecule has 1 aromatic carbocycles. The second-order valence-corrected chi connectivity index (χ2v) is 9.85. The molecular weight excluding hydrogens is 396 g/mol. The van der Waals surface area contributed by atoms with Crippen LogP contribution in [-0.4, -0.2) is 59.4 Å². The van der Waals surface area contributed by atoms with Gasteiger partial charge >= 0.3 is 0 Å². The molecule has 0 bridgehead atoms. The molecule has 1 amide bonds. The Labute approximate surface area is 191 Å². The van der Waals surface area contributed by atoms with E-state index in [9.17, 15) is 4.79 Å². The molecular formula is C27H36N4O. The van der Waals surface area contributed by atoms with Gasteiger partial charge in [-0.2, -0.15) is 0 Å². The van der Waals surface area contributed by atoms with Crippen LogP contribution in [-0.2, 0) is 4.79 Å². The van der Waals surface area contributed by atoms with E-state index >= 15 is 0 Å². The zero-order valence-electron chi connectivity index (χ0n) is 20.3. The molecule has 170 valence electrons. The third kappa shape index (κ3) is 4.44. The predicted octanol–water partition coefficient (Wildman–Crippen LogP) is 5.24. The highest BCUT2D eigenvalue weighted by Crippen LogP contribution is 2.39. The number of pyridine rings is 1. The lowest BCUT2D eigenvalue weighted by atomic mass is 9.87. The van der Waals surface area contributed by atoms with Gasteiger partial charge in [0.15, 0.2) is 0 Å². The number of likely N-dealkylation sites (N-methyl/N-ethyl adjacent to an activating group) is 1. The average molecular weight is 433 g/mol. The van der Waals surface area contributed by atoms with Crippen molar-refractivity contribution in [3.63, 3.8) is 0 Å². The van der Waals surface area contributed by atoms with Gasteiger partial charge in [-0.25, -0.2) is 0 Å². The van der Waals surface area contributed by atoms with Crippen LogP contribution in [0.3, 0.4) is 0 Å². The Morgan fingerprint density at radius 2 is 1.91 bits per heavy atom. The largest absolute Gasteiger partial charge is 0.354 e. The van der Waals surface area contributed by atoms with E-state index in [1.165, 1.54) is 38.9 Å². The second-order valence-electron chi connectivity index (χ2n) is 9.85. The van der Waals surface area contributed by atoms with E-state index in [0.29, 0.717) is 18.4 Å². The van der Waals surface area contributed by atoms with Gasteiger partial charge in [0.25, 0.3) is 0 Å². The van der Waals surface area contributed by atoms with Crippen molar-refractivity contribution in [2.75, 3.05) is 33.7 Å². The fourth-order valence-corrected chi connectivity index (χ4v) is 4.95. The number of aryl methyl sites for hydroxylation is 2. The summed E-state index contributed by atoms with van der Waals surface area (Å²) < 4.78 is 0. The quantitative estimate of drug-likeness (QED) is 0.600. The molecule has 32 heavy (non-hydrogen) atoms. The summed E-state index contributed by atoms with van der Waals surface area (Å²) in [5, 5.41) is 1.34. The predicted molar refractivity (Wildman–Crippen MR) is 132 cm³/mol. The molecule has 0 atom stereocenters. The van der Waals surface area contributed by atoms with Crippen LogP contribution >= 0.6 is 0 Å². The number of aromatic nitrogens is 2. The Hall–Kier alpha value is -2.66. The molecule has 0 spiro atoms. The van der Waals surface area contributed by atoms with Crippen molar-refractivity contribution in [2.24, 2.45) is 0 Å². The van der Waals surface area contributed by atoms with Crippen LogP contribution in [0, 0.1) is 13.8 Å². The van der Waals surface area contributed by atoms with Crippen LogP contribution in [0.2, 0.25) is 0 Å². The number of aromatic amines is 1. The van der Waals surface area contributed by atoms with E-state index in [1.54, 1.807) is 4.90 Å². The molecule has 1 aliphatic rings. The third-order valence-electron chi connectivity index (χ3n) is 6.87. The number of H-pyrrole nitrogens is 1. The molecule has 2 aromatic heterocycles. The molecule has 1 aliphatic heterocycles. The number of carbonyl (C=O) groups excluding carboxylic acids is 1. The minimum atomic E-state index is 0.188. The monoisotopic (exact) mass is 432 g/mol. The number of nitrogens with zero attached hydrogens (tertiary/aromatic N) is 3. The van der Waals surface area contributed by atoms with Crippen LogP contribution in [0.15, 0.2) is 30.5 Å². The van der Waals surface area contributed by atoms with Gasteiger partial charge in [-0.15, -0.1) is 0 Å². The standard InChI is InChI=1S/C27H36N4O/c1-17(2)26-23-14-21(20-9-11-31(12-10-20)16-25(32)30(5)6)7-8-24(23)29-27(26)22-13-19(4)28-15-18(22)3/h7-8,13-15,17,20,29H,9-12,16H2,1-6H3. The summed E-state index contributed by atoms with van der Waals surface area (Å²) in [6, 6.07) is 9.16. The minimum Gasteiger partial charge on any atom is -0.354 e. The van der Waals surface area contributed by atoms with Crippen LogP contribution < -0.4 is 0 Å². The first kappa shape index (κ1) is 22.5. The zero-order valence-corrected chi connectivity index (χ0v) is 20.3. The molecule has 0 saturated carbocycles. The number of amides is 1. The van der Waals surface area contributed by atoms with Gasteiger partial charge in [0.1, 0.15) is 0 Å². The van der Waals surface area contributed by atoms with Crippen molar-refractivity contribution in [1.29, 1.82) is 0 Å². The molecule has 5 heteroatoms. The summed E-state index contributed by atoms with van der Waals surface area (Å²) in [6.07, 6.45) is 4.17. The molecule has 0 radical (unpaired) electrons. The Kier molecular flexibility index (Phi) is 6.38. The van der Waals surface area contributed by atoms with Crippen molar-refractivity contribution in [3.8, 4) is 11.3 Å². The van der Waals surface area contributed by atoms with Crippen LogP contribution in [0.5, 0.6) is 0 Å². The van der Waals surface area contributed by atoms with Gasteiger partial charge in [-0.3, -0.25) is 14.7 Å². The normalized spacial score (nSPS) is 15.6. The summed E-state index contributed by atoms with van der Waals surface area (Å²) in [5.74, 6) is 1.15. The van der Waals surface area contributed by atoms with E-state index < -0.39 is 0 Å². The highest BCUT2D eigenvalue weighted by atomic mass is 16.2. The Balaban J connectivity index is 1.63. The fourth-order valence-electron chi connectivity index (χ4n) is 4.95. The van der Waals surface area contributed by atoms with Crippen molar-refractivity contribution in [3.05, 3.63) is 52.8 Å². The lowest BCUT2D eigenvalue weighted by Crippen LogP contribution is -2.40. The minimum absolute atomic E-state index is 0.188. The third-order valence-corrected chi connectivity index (χ3v) is 6.87. The number of hydrogen-bond donors (Lipinski definition) is 1. The molecule has 3 heterocycles. The topological polar surface area (TPSA) is 52.2 Å². The molecule has 3 aromatic rings. The number of hydrogen-bond acceptors (Lipinski definition) is 3. The number of fused-ring (bicyclic) bond motifs is 1. The summed E-state index contributed by atoms with van der Waals surface area (Å²) in [7, 11) is 3.66. The van der Waals surface area contributed by atoms with Crippen molar-refractivity contribution < 1.29 is 4.79 Å². The number of benzene rings is 1. The zero-order chi connectivity index (χ0) is 23.0. The Morgan fingerprint density at radius 3 is 2.56 bits per heavy atom. The van der Waals surface area contributed by atoms with Gasteiger partial charge < -0.3 is 9.88 Å². The maximum atomic E-state index is 12.1. The smallest absolute Gasteiger partial charge is 0.236 e. The summed E-state index contributed by atoms with van der Waals surface area (Å²) in [4.78, 5) is 24.2. The van der Waals surface area contributed by atoms with Crippen LogP contribution in [0.25, 0.3) is 22.2 Å². The fraction of sp³-hybridized carbons (Fsp3) is 0.481. The lowest BCUT2D eigenvalue weighted by molar-refractivity contribution is -0.130. The Morgan fingerprint density at radius 1 is 1.19 bits per heavy atom. The first-order valence-corrected chi connectivity index (χ1v) is 11.8. The van der Waals surface area contributed by atoms with Gasteiger partial charge in [-0.05, 0) is 86.5 Å². The summed E-state index contributed by atoms with van der Waals surface area (Å²) >= 11 is 0. The molecule has 5 nitrogen and oxygen atoms in total. The van der Waals surface area contributed by atoms with Gasteiger partial charge in [-0.1, -0.05) is 19.9 Å². The van der Waals surface area contributed by atoms with Crippen molar-refractivity contribution in [1.82, 2.24) is 19.8 Å². The van der Waals surface area contributed by atoms with E-state index in [1.807, 2.05) is 20.3 Å². The molecule has 1 saturated heterocycles. The maximum absolute atomic E-state index is 12.1. The van der Waals surface area contributed by atoms with Crippen LogP contribution in [0.1, 0.15) is 60.9 Å². The van der Waals surface area contributed by atoms with Crippen molar-refractivity contribution in [2.45, 2.75) is 52.4 Å². The molecule has 0 unspecified atom stereocenters. The number of likely N-dealkylation sites (tertiary alicyclic amines) is 1. The summed E-state index contributed by atoms with van der Waals surface area (Å²) in [6.45, 7) is 11.2. The molecule has 1 fully saturated rings.